The number of hydrazine groups is 1. The molecule has 30 heavy (non-hydrogen) atoms. The normalized spacial score (nSPS) is 16.0. The number of anilines is 1. The summed E-state index contributed by atoms with van der Waals surface area (Å²) in [7, 11) is 0. The minimum absolute atomic E-state index is 0.0598. The lowest BCUT2D eigenvalue weighted by molar-refractivity contribution is -0.130. The molecule has 0 saturated carbocycles. The van der Waals surface area contributed by atoms with Crippen LogP contribution in [0.4, 0.5) is 10.1 Å². The topological polar surface area (TPSA) is 81.8 Å². The summed E-state index contributed by atoms with van der Waals surface area (Å²) in [5, 5.41) is 4.44. The predicted octanol–water partition coefficient (Wildman–Crippen LogP) is 2.97. The summed E-state index contributed by atoms with van der Waals surface area (Å²) >= 11 is 11.1. The van der Waals surface area contributed by atoms with Gasteiger partial charge in [-0.25, -0.2) is 9.40 Å². The highest BCUT2D eigenvalue weighted by Crippen LogP contribution is 2.20. The second-order valence-corrected chi connectivity index (χ2v) is 7.26. The predicted molar refractivity (Wildman–Crippen MR) is 114 cm³/mol. The average molecular weight is 449 g/mol. The van der Waals surface area contributed by atoms with Gasteiger partial charge < -0.3 is 5.32 Å². The highest BCUT2D eigenvalue weighted by Gasteiger charge is 2.43. The van der Waals surface area contributed by atoms with Crippen LogP contribution >= 0.6 is 23.8 Å². The lowest BCUT2D eigenvalue weighted by Gasteiger charge is -2.24. The number of likely N-dealkylation sites (N-methyl/N-ethyl adjacent to an activating group) is 1. The molecule has 1 fully saturated rings. The molecule has 7 nitrogen and oxygen atoms in total. The third-order valence-corrected chi connectivity index (χ3v) is 5.10. The highest BCUT2D eigenvalue weighted by molar-refractivity contribution is 7.80. The summed E-state index contributed by atoms with van der Waals surface area (Å²) < 4.78 is 13.4. The van der Waals surface area contributed by atoms with E-state index >= 15 is 0 Å². The number of hydrogen-bond donors (Lipinski definition) is 2. The van der Waals surface area contributed by atoms with Crippen molar-refractivity contribution in [3.8, 4) is 0 Å². The van der Waals surface area contributed by atoms with Crippen LogP contribution in [0, 0.1) is 5.82 Å². The molecular weight excluding hydrogens is 431 g/mol. The zero-order chi connectivity index (χ0) is 21.8. The van der Waals surface area contributed by atoms with Crippen LogP contribution in [0.2, 0.25) is 5.02 Å². The lowest BCUT2D eigenvalue weighted by Crippen LogP contribution is -2.49. The summed E-state index contributed by atoms with van der Waals surface area (Å²) in [6, 6.07) is 10.6. The number of thiocarbonyl (C=S) groups is 1. The molecule has 2 N–H and O–H groups in total. The molecular formula is C20H18ClFN4O3S. The summed E-state index contributed by atoms with van der Waals surface area (Å²) in [5.41, 5.74) is 3.09. The number of benzene rings is 2. The highest BCUT2D eigenvalue weighted by atomic mass is 35.5. The van der Waals surface area contributed by atoms with E-state index in [1.807, 2.05) is 0 Å². The monoisotopic (exact) mass is 448 g/mol. The van der Waals surface area contributed by atoms with Crippen molar-refractivity contribution in [1.82, 2.24) is 15.3 Å². The Bertz CT molecular complexity index is 1000. The van der Waals surface area contributed by atoms with Gasteiger partial charge in [0.15, 0.2) is 5.11 Å². The number of hydrogen-bond acceptors (Lipinski definition) is 4. The van der Waals surface area contributed by atoms with Gasteiger partial charge in [-0.05, 0) is 61.6 Å². The molecule has 10 heteroatoms. The van der Waals surface area contributed by atoms with Crippen molar-refractivity contribution < 1.29 is 18.8 Å². The molecule has 1 heterocycles. The van der Waals surface area contributed by atoms with Crippen molar-refractivity contribution in [2.45, 2.75) is 19.4 Å². The first-order valence-electron chi connectivity index (χ1n) is 9.06. The van der Waals surface area contributed by atoms with E-state index in [1.54, 1.807) is 31.2 Å². The maximum Gasteiger partial charge on any atom is 0.269 e. The van der Waals surface area contributed by atoms with Crippen molar-refractivity contribution in [1.29, 1.82) is 0 Å². The summed E-state index contributed by atoms with van der Waals surface area (Å²) in [4.78, 5) is 39.1. The van der Waals surface area contributed by atoms with E-state index in [1.165, 1.54) is 28.1 Å². The third-order valence-electron chi connectivity index (χ3n) is 4.43. The van der Waals surface area contributed by atoms with E-state index in [0.717, 1.165) is 6.07 Å². The standard InChI is InChI=1S/C20H18ClFN4O3S/c1-2-25-19(29)16(11-17(27)23-15-8-6-13(21)7-9-15)26(20(25)30)24-18(28)12-4-3-5-14(22)10-12/h3-10,16H,2,11H2,1H3,(H,23,27)(H,24,28). The maximum atomic E-state index is 13.4. The number of halogens is 2. The Labute approximate surface area is 182 Å². The molecule has 0 aromatic heterocycles. The SMILES string of the molecule is CCN1C(=O)C(CC(=O)Nc2ccc(Cl)cc2)N(NC(=O)c2cccc(F)c2)C1=S. The number of carbonyl (C=O) groups is 3. The fourth-order valence-electron chi connectivity index (χ4n) is 2.97. The minimum atomic E-state index is -1.03. The fraction of sp³-hybridized carbons (Fsp3) is 0.200. The summed E-state index contributed by atoms with van der Waals surface area (Å²) in [6.07, 6.45) is -0.248. The Kier molecular flexibility index (Phi) is 6.63. The van der Waals surface area contributed by atoms with Crippen LogP contribution in [-0.2, 0) is 9.59 Å². The van der Waals surface area contributed by atoms with Crippen LogP contribution in [0.3, 0.4) is 0 Å². The summed E-state index contributed by atoms with van der Waals surface area (Å²) in [5.74, 6) is -2.07. The first kappa shape index (κ1) is 21.7. The van der Waals surface area contributed by atoms with E-state index < -0.39 is 29.6 Å². The Hall–Kier alpha value is -3.04. The average Bonchev–Trinajstić information content (AvgIpc) is 2.93. The fourth-order valence-corrected chi connectivity index (χ4v) is 3.49. The minimum Gasteiger partial charge on any atom is -0.326 e. The van der Waals surface area contributed by atoms with Crippen LogP contribution in [0.5, 0.6) is 0 Å². The Morgan fingerprint density at radius 3 is 2.53 bits per heavy atom. The molecule has 1 saturated heterocycles. The van der Waals surface area contributed by atoms with Crippen LogP contribution in [0.25, 0.3) is 0 Å². The first-order chi connectivity index (χ1) is 14.3. The van der Waals surface area contributed by atoms with Gasteiger partial charge in [0.25, 0.3) is 11.8 Å². The van der Waals surface area contributed by atoms with Gasteiger partial charge in [0.05, 0.1) is 6.42 Å². The molecule has 2 aromatic carbocycles. The molecule has 3 rings (SSSR count). The molecule has 0 spiro atoms. The molecule has 0 bridgehead atoms. The Morgan fingerprint density at radius 2 is 1.90 bits per heavy atom. The van der Waals surface area contributed by atoms with E-state index in [4.69, 9.17) is 23.8 Å². The molecule has 3 amide bonds. The van der Waals surface area contributed by atoms with E-state index in [-0.39, 0.29) is 23.6 Å². The molecule has 1 aliphatic heterocycles. The van der Waals surface area contributed by atoms with E-state index in [0.29, 0.717) is 10.7 Å². The Morgan fingerprint density at radius 1 is 1.20 bits per heavy atom. The quantitative estimate of drug-likeness (QED) is 0.664. The van der Waals surface area contributed by atoms with Crippen molar-refractivity contribution >= 4 is 52.3 Å². The third kappa shape index (κ3) is 4.74. The first-order valence-corrected chi connectivity index (χ1v) is 9.85. The van der Waals surface area contributed by atoms with Crippen molar-refractivity contribution in [2.75, 3.05) is 11.9 Å². The molecule has 156 valence electrons. The molecule has 1 atom stereocenters. The van der Waals surface area contributed by atoms with Crippen LogP contribution in [0.1, 0.15) is 23.7 Å². The second-order valence-electron chi connectivity index (χ2n) is 6.46. The lowest BCUT2D eigenvalue weighted by atomic mass is 10.1. The van der Waals surface area contributed by atoms with Gasteiger partial charge in [-0.15, -0.1) is 0 Å². The van der Waals surface area contributed by atoms with Gasteiger partial charge in [-0.1, -0.05) is 17.7 Å². The van der Waals surface area contributed by atoms with Crippen LogP contribution < -0.4 is 10.7 Å². The Balaban J connectivity index is 1.76. The molecule has 1 aliphatic rings. The smallest absolute Gasteiger partial charge is 0.269 e. The largest absolute Gasteiger partial charge is 0.326 e. The number of carbonyl (C=O) groups excluding carboxylic acids is 3. The van der Waals surface area contributed by atoms with Gasteiger partial charge >= 0.3 is 0 Å². The van der Waals surface area contributed by atoms with Crippen LogP contribution in [-0.4, -0.2) is 45.3 Å². The molecule has 2 aromatic rings. The maximum absolute atomic E-state index is 13.4. The number of nitrogens with zero attached hydrogens (tertiary/aromatic N) is 2. The number of nitrogens with one attached hydrogen (secondary N) is 2. The zero-order valence-electron chi connectivity index (χ0n) is 15.9. The summed E-state index contributed by atoms with van der Waals surface area (Å²) in [6.45, 7) is 2.01. The number of amides is 3. The van der Waals surface area contributed by atoms with Crippen LogP contribution in [0.15, 0.2) is 48.5 Å². The zero-order valence-corrected chi connectivity index (χ0v) is 17.5. The van der Waals surface area contributed by atoms with E-state index in [2.05, 4.69) is 10.7 Å². The molecule has 0 radical (unpaired) electrons. The van der Waals surface area contributed by atoms with Gasteiger partial charge in [-0.3, -0.25) is 24.7 Å². The van der Waals surface area contributed by atoms with Gasteiger partial charge in [-0.2, -0.15) is 0 Å². The van der Waals surface area contributed by atoms with Crippen molar-refractivity contribution in [3.05, 3.63) is 64.9 Å². The van der Waals surface area contributed by atoms with Gasteiger partial charge in [0.1, 0.15) is 11.9 Å². The van der Waals surface area contributed by atoms with E-state index in [9.17, 15) is 18.8 Å². The van der Waals surface area contributed by atoms with Gasteiger partial charge in [0.2, 0.25) is 5.91 Å². The molecule has 1 unspecified atom stereocenters. The molecule has 0 aliphatic carbocycles. The van der Waals surface area contributed by atoms with Crippen molar-refractivity contribution in [2.24, 2.45) is 0 Å². The number of rotatable bonds is 6. The van der Waals surface area contributed by atoms with Crippen molar-refractivity contribution in [3.63, 3.8) is 0 Å². The second kappa shape index (κ2) is 9.19. The van der Waals surface area contributed by atoms with Gasteiger partial charge in [0, 0.05) is 22.8 Å².